The molecule has 0 spiro atoms. The Morgan fingerprint density at radius 2 is 1.91 bits per heavy atom. The summed E-state index contributed by atoms with van der Waals surface area (Å²) in [6.07, 6.45) is 6.77. The van der Waals surface area contributed by atoms with Crippen molar-refractivity contribution in [3.8, 4) is 0 Å². The highest BCUT2D eigenvalue weighted by Gasteiger charge is 2.31. The molecular weight excluding hydrogens is 300 g/mol. The van der Waals surface area contributed by atoms with Crippen LogP contribution in [0.15, 0.2) is 21.6 Å². The maximum Gasteiger partial charge on any atom is 0.275 e. The van der Waals surface area contributed by atoms with Crippen LogP contribution in [0.1, 0.15) is 37.9 Å². The molecule has 22 heavy (non-hydrogen) atoms. The number of likely N-dealkylation sites (tertiary alicyclic amines) is 1. The number of rotatable bonds is 4. The number of hydrogen-bond acceptors (Lipinski definition) is 4. The van der Waals surface area contributed by atoms with E-state index >= 15 is 0 Å². The van der Waals surface area contributed by atoms with Gasteiger partial charge < -0.3 is 4.42 Å². The van der Waals surface area contributed by atoms with Crippen LogP contribution in [0, 0.1) is 11.8 Å². The summed E-state index contributed by atoms with van der Waals surface area (Å²) in [4.78, 5) is 2.41. The predicted molar refractivity (Wildman–Crippen MR) is 84.9 cm³/mol. The maximum absolute atomic E-state index is 12.0. The Hall–Kier alpha value is -0.850. The molecule has 0 amide bonds. The molecule has 2 aliphatic rings. The average molecular weight is 326 g/mol. The fourth-order valence-electron chi connectivity index (χ4n) is 3.80. The van der Waals surface area contributed by atoms with Crippen LogP contribution in [-0.2, 0) is 16.6 Å². The number of sulfonamides is 1. The zero-order valence-corrected chi connectivity index (χ0v) is 14.3. The first kappa shape index (κ1) is 16.0. The minimum atomic E-state index is -3.47. The van der Waals surface area contributed by atoms with Crippen molar-refractivity contribution in [1.82, 2.24) is 9.21 Å². The van der Waals surface area contributed by atoms with Gasteiger partial charge in [-0.3, -0.25) is 4.90 Å². The van der Waals surface area contributed by atoms with Crippen molar-refractivity contribution in [3.63, 3.8) is 0 Å². The Labute approximate surface area is 133 Å². The van der Waals surface area contributed by atoms with Crippen LogP contribution in [-0.4, -0.2) is 44.8 Å². The molecule has 1 saturated heterocycles. The summed E-state index contributed by atoms with van der Waals surface area (Å²) in [5.41, 5.74) is 0. The topological polar surface area (TPSA) is 53.8 Å². The molecular formula is C16H26N2O3S. The highest BCUT2D eigenvalue weighted by atomic mass is 32.2. The Bertz CT molecular complexity index is 609. The van der Waals surface area contributed by atoms with Crippen LogP contribution >= 0.6 is 0 Å². The summed E-state index contributed by atoms with van der Waals surface area (Å²) >= 11 is 0. The van der Waals surface area contributed by atoms with Gasteiger partial charge in [0.25, 0.3) is 10.0 Å². The third kappa shape index (κ3) is 3.24. The second kappa shape index (κ2) is 6.34. The molecule has 5 nitrogen and oxygen atoms in total. The molecule has 2 heterocycles. The first-order valence-corrected chi connectivity index (χ1v) is 9.64. The first-order chi connectivity index (χ1) is 10.5. The molecule has 2 atom stereocenters. The normalized spacial score (nSPS) is 27.0. The van der Waals surface area contributed by atoms with Crippen LogP contribution in [0.3, 0.4) is 0 Å². The summed E-state index contributed by atoms with van der Waals surface area (Å²) in [5.74, 6) is 2.48. The molecule has 1 saturated carbocycles. The summed E-state index contributed by atoms with van der Waals surface area (Å²) in [5, 5.41) is 0.0417. The van der Waals surface area contributed by atoms with Crippen LogP contribution < -0.4 is 0 Å². The minimum Gasteiger partial charge on any atom is -0.447 e. The van der Waals surface area contributed by atoms with E-state index in [4.69, 9.17) is 4.42 Å². The van der Waals surface area contributed by atoms with E-state index < -0.39 is 10.0 Å². The smallest absolute Gasteiger partial charge is 0.275 e. The molecule has 0 radical (unpaired) electrons. The number of piperidine rings is 1. The predicted octanol–water partition coefficient (Wildman–Crippen LogP) is 2.54. The molecule has 6 heteroatoms. The summed E-state index contributed by atoms with van der Waals surface area (Å²) in [6, 6.07) is 3.36. The molecule has 1 aromatic heterocycles. The van der Waals surface area contributed by atoms with Crippen LogP contribution in [0.5, 0.6) is 0 Å². The molecule has 0 bridgehead atoms. The minimum absolute atomic E-state index is 0.0417. The van der Waals surface area contributed by atoms with E-state index in [9.17, 15) is 8.42 Å². The molecule has 124 valence electrons. The Kier molecular flexibility index (Phi) is 4.61. The van der Waals surface area contributed by atoms with Gasteiger partial charge in [-0.05, 0) is 43.4 Å². The maximum atomic E-state index is 12.0. The molecule has 0 aromatic carbocycles. The molecule has 0 unspecified atom stereocenters. The van der Waals surface area contributed by atoms with Crippen molar-refractivity contribution in [2.75, 3.05) is 27.2 Å². The van der Waals surface area contributed by atoms with E-state index in [0.29, 0.717) is 6.54 Å². The van der Waals surface area contributed by atoms with Gasteiger partial charge in [-0.15, -0.1) is 0 Å². The monoisotopic (exact) mass is 326 g/mol. The highest BCUT2D eigenvalue weighted by Crippen LogP contribution is 2.36. The lowest BCUT2D eigenvalue weighted by Crippen LogP contribution is -2.41. The van der Waals surface area contributed by atoms with Crippen LogP contribution in [0.4, 0.5) is 0 Å². The van der Waals surface area contributed by atoms with E-state index in [0.717, 1.165) is 30.7 Å². The van der Waals surface area contributed by atoms with E-state index in [-0.39, 0.29) is 5.09 Å². The van der Waals surface area contributed by atoms with Gasteiger partial charge in [-0.2, -0.15) is 0 Å². The van der Waals surface area contributed by atoms with Crippen molar-refractivity contribution in [2.45, 2.75) is 43.7 Å². The quantitative estimate of drug-likeness (QED) is 0.853. The second-order valence-electron chi connectivity index (χ2n) is 6.84. The lowest BCUT2D eigenvalue weighted by molar-refractivity contribution is 0.0765. The van der Waals surface area contributed by atoms with Crippen LogP contribution in [0.25, 0.3) is 0 Å². The summed E-state index contributed by atoms with van der Waals surface area (Å²) in [6.45, 7) is 2.94. The van der Waals surface area contributed by atoms with Crippen molar-refractivity contribution < 1.29 is 12.8 Å². The van der Waals surface area contributed by atoms with Gasteiger partial charge in [-0.1, -0.05) is 19.3 Å². The van der Waals surface area contributed by atoms with Crippen LogP contribution in [0.2, 0.25) is 0 Å². The van der Waals surface area contributed by atoms with E-state index in [1.807, 2.05) is 0 Å². The highest BCUT2D eigenvalue weighted by molar-refractivity contribution is 7.88. The van der Waals surface area contributed by atoms with Gasteiger partial charge >= 0.3 is 0 Å². The van der Waals surface area contributed by atoms with E-state index in [1.54, 1.807) is 12.1 Å². The third-order valence-corrected chi connectivity index (χ3v) is 6.82. The summed E-state index contributed by atoms with van der Waals surface area (Å²) in [7, 11) is -0.429. The standard InChI is InChI=1S/C16H26N2O3S/c1-17(2)22(19,20)16-8-7-15(21-16)12-18-10-9-13-5-3-4-6-14(13)11-18/h7-8,13-14H,3-6,9-12H2,1-2H3/t13-,14+/m1/s1. The second-order valence-corrected chi connectivity index (χ2v) is 8.92. The summed E-state index contributed by atoms with van der Waals surface area (Å²) < 4.78 is 30.8. The fourth-order valence-corrected chi connectivity index (χ4v) is 4.61. The SMILES string of the molecule is CN(C)S(=O)(=O)c1ccc(CN2CC[C@H]3CCCC[C@H]3C2)o1. The lowest BCUT2D eigenvalue weighted by atomic mass is 9.75. The fraction of sp³-hybridized carbons (Fsp3) is 0.750. The van der Waals surface area contributed by atoms with Crippen molar-refractivity contribution in [2.24, 2.45) is 11.8 Å². The zero-order chi connectivity index (χ0) is 15.7. The molecule has 2 fully saturated rings. The van der Waals surface area contributed by atoms with Gasteiger partial charge in [0.2, 0.25) is 5.09 Å². The number of fused-ring (bicyclic) bond motifs is 1. The van der Waals surface area contributed by atoms with Crippen molar-refractivity contribution >= 4 is 10.0 Å². The number of furan rings is 1. The third-order valence-electron chi connectivity index (χ3n) is 5.13. The molecule has 1 aromatic rings. The van der Waals surface area contributed by atoms with E-state index in [1.165, 1.54) is 50.5 Å². The van der Waals surface area contributed by atoms with Gasteiger partial charge in [0.05, 0.1) is 6.54 Å². The van der Waals surface area contributed by atoms with Gasteiger partial charge in [0.15, 0.2) is 0 Å². The first-order valence-electron chi connectivity index (χ1n) is 8.20. The lowest BCUT2D eigenvalue weighted by Gasteiger charge is -2.41. The van der Waals surface area contributed by atoms with E-state index in [2.05, 4.69) is 4.90 Å². The Balaban J connectivity index is 1.63. The number of hydrogen-bond donors (Lipinski definition) is 0. The average Bonchev–Trinajstić information content (AvgIpc) is 2.96. The Morgan fingerprint density at radius 3 is 2.64 bits per heavy atom. The molecule has 3 rings (SSSR count). The van der Waals surface area contributed by atoms with Gasteiger partial charge in [0.1, 0.15) is 5.76 Å². The van der Waals surface area contributed by atoms with Gasteiger partial charge in [0, 0.05) is 20.6 Å². The zero-order valence-electron chi connectivity index (χ0n) is 13.5. The van der Waals surface area contributed by atoms with Gasteiger partial charge in [-0.25, -0.2) is 12.7 Å². The van der Waals surface area contributed by atoms with Crippen molar-refractivity contribution in [3.05, 3.63) is 17.9 Å². The number of nitrogens with zero attached hydrogens (tertiary/aromatic N) is 2. The largest absolute Gasteiger partial charge is 0.447 e. The van der Waals surface area contributed by atoms with Crippen molar-refractivity contribution in [1.29, 1.82) is 0 Å². The Morgan fingerprint density at radius 1 is 1.18 bits per heavy atom. The molecule has 0 N–H and O–H groups in total. The molecule has 1 aliphatic heterocycles. The molecule has 1 aliphatic carbocycles.